The lowest BCUT2D eigenvalue weighted by Crippen LogP contribution is -2.44. The second-order valence-corrected chi connectivity index (χ2v) is 5.23. The van der Waals surface area contributed by atoms with Crippen molar-refractivity contribution < 1.29 is 20.4 Å². The number of hydrogen-bond acceptors (Lipinski definition) is 5. The Bertz CT molecular complexity index is 227. The van der Waals surface area contributed by atoms with Crippen LogP contribution in [0.3, 0.4) is 0 Å². The van der Waals surface area contributed by atoms with Crippen LogP contribution in [0.25, 0.3) is 0 Å². The van der Waals surface area contributed by atoms with Gasteiger partial charge in [-0.05, 0) is 6.42 Å². The Morgan fingerprint density at radius 1 is 1.06 bits per heavy atom. The summed E-state index contributed by atoms with van der Waals surface area (Å²) >= 11 is 0. The maximum atomic E-state index is 9.99. The molecule has 1 aliphatic rings. The molecule has 0 bridgehead atoms. The summed E-state index contributed by atoms with van der Waals surface area (Å²) in [6, 6.07) is -1.08. The first-order valence-electron chi connectivity index (χ1n) is 7.03. The van der Waals surface area contributed by atoms with Crippen molar-refractivity contribution in [2.75, 3.05) is 6.61 Å². The molecule has 5 nitrogen and oxygen atoms in total. The van der Waals surface area contributed by atoms with E-state index in [2.05, 4.69) is 12.2 Å². The summed E-state index contributed by atoms with van der Waals surface area (Å²) in [6.45, 7) is 1.92. The zero-order valence-electron chi connectivity index (χ0n) is 11.1. The van der Waals surface area contributed by atoms with Crippen LogP contribution in [0.2, 0.25) is 0 Å². The predicted molar refractivity (Wildman–Crippen MR) is 69.2 cm³/mol. The molecule has 1 rings (SSSR count). The molecule has 0 aromatic carbocycles. The summed E-state index contributed by atoms with van der Waals surface area (Å²) in [5.41, 5.74) is 0. The molecule has 0 saturated carbocycles. The quantitative estimate of drug-likeness (QED) is 0.389. The summed E-state index contributed by atoms with van der Waals surface area (Å²) in [5, 5.41) is 41.3. The lowest BCUT2D eigenvalue weighted by atomic mass is 9.99. The third kappa shape index (κ3) is 4.17. The normalized spacial score (nSPS) is 33.8. The van der Waals surface area contributed by atoms with Crippen LogP contribution >= 0.6 is 0 Å². The van der Waals surface area contributed by atoms with Crippen LogP contribution in [0.4, 0.5) is 0 Å². The molecule has 0 amide bonds. The molecule has 0 aromatic heterocycles. The summed E-state index contributed by atoms with van der Waals surface area (Å²) in [5.74, 6) is 0. The number of nitrogens with one attached hydrogen (secondary N) is 1. The van der Waals surface area contributed by atoms with E-state index in [0.29, 0.717) is 6.42 Å². The molecule has 1 heterocycles. The number of aliphatic hydroxyl groups is 4. The van der Waals surface area contributed by atoms with Crippen LogP contribution in [0, 0.1) is 0 Å². The average Bonchev–Trinajstić information content (AvgIpc) is 2.65. The average molecular weight is 261 g/mol. The lowest BCUT2D eigenvalue weighted by Gasteiger charge is -2.22. The Morgan fingerprint density at radius 3 is 2.28 bits per heavy atom. The molecule has 1 aliphatic heterocycles. The molecule has 0 spiro atoms. The molecule has 0 aromatic rings. The van der Waals surface area contributed by atoms with Crippen LogP contribution < -0.4 is 5.32 Å². The van der Waals surface area contributed by atoms with Crippen molar-refractivity contribution in [1.29, 1.82) is 0 Å². The van der Waals surface area contributed by atoms with E-state index in [0.717, 1.165) is 12.8 Å². The zero-order valence-corrected chi connectivity index (χ0v) is 11.1. The molecule has 5 atom stereocenters. The van der Waals surface area contributed by atoms with Gasteiger partial charge in [0.2, 0.25) is 0 Å². The summed E-state index contributed by atoms with van der Waals surface area (Å²) < 4.78 is 0. The third-order valence-corrected chi connectivity index (χ3v) is 3.75. The van der Waals surface area contributed by atoms with Gasteiger partial charge in [0.25, 0.3) is 0 Å². The van der Waals surface area contributed by atoms with E-state index in [1.165, 1.54) is 19.3 Å². The van der Waals surface area contributed by atoms with E-state index in [1.54, 1.807) is 0 Å². The Balaban J connectivity index is 2.27. The van der Waals surface area contributed by atoms with Crippen LogP contribution in [0.15, 0.2) is 0 Å². The number of rotatable bonds is 8. The van der Waals surface area contributed by atoms with Gasteiger partial charge in [-0.15, -0.1) is 0 Å². The van der Waals surface area contributed by atoms with Gasteiger partial charge >= 0.3 is 0 Å². The van der Waals surface area contributed by atoms with Gasteiger partial charge in [-0.3, -0.25) is 0 Å². The van der Waals surface area contributed by atoms with Crippen LogP contribution in [-0.2, 0) is 0 Å². The highest BCUT2D eigenvalue weighted by Gasteiger charge is 2.43. The van der Waals surface area contributed by atoms with E-state index in [4.69, 9.17) is 5.11 Å². The summed E-state index contributed by atoms with van der Waals surface area (Å²) in [6.07, 6.45) is 3.51. The summed E-state index contributed by atoms with van der Waals surface area (Å²) in [7, 11) is 0. The molecule has 108 valence electrons. The van der Waals surface area contributed by atoms with Gasteiger partial charge in [-0.25, -0.2) is 0 Å². The Labute approximate surface area is 109 Å². The fourth-order valence-electron chi connectivity index (χ4n) is 2.53. The minimum absolute atomic E-state index is 0.238. The Kier molecular flexibility index (Phi) is 7.11. The number of aliphatic hydroxyl groups excluding tert-OH is 4. The molecular weight excluding hydrogens is 234 g/mol. The Morgan fingerprint density at radius 2 is 1.72 bits per heavy atom. The molecule has 0 aliphatic carbocycles. The van der Waals surface area contributed by atoms with E-state index in [-0.39, 0.29) is 6.61 Å². The first kappa shape index (κ1) is 15.9. The van der Waals surface area contributed by atoms with E-state index < -0.39 is 30.4 Å². The van der Waals surface area contributed by atoms with E-state index in [1.807, 2.05) is 0 Å². The molecule has 5 heteroatoms. The van der Waals surface area contributed by atoms with Crippen molar-refractivity contribution in [2.45, 2.75) is 75.8 Å². The lowest BCUT2D eigenvalue weighted by molar-refractivity contribution is -0.00443. The van der Waals surface area contributed by atoms with Crippen molar-refractivity contribution in [2.24, 2.45) is 0 Å². The second-order valence-electron chi connectivity index (χ2n) is 5.23. The molecule has 0 unspecified atom stereocenters. The first-order valence-corrected chi connectivity index (χ1v) is 7.03. The highest BCUT2D eigenvalue weighted by molar-refractivity contribution is 5.00. The molecule has 1 fully saturated rings. The smallest absolute Gasteiger partial charge is 0.0993 e. The molecular formula is C13H27NO4. The SMILES string of the molecule is CCCCCCC[C@H](O)[C@@H]1N[C@@H](CO)[C@H](O)[C@H]1O. The fourth-order valence-corrected chi connectivity index (χ4v) is 2.53. The number of hydrogen-bond donors (Lipinski definition) is 5. The molecule has 0 radical (unpaired) electrons. The minimum atomic E-state index is -1.01. The molecule has 5 N–H and O–H groups in total. The van der Waals surface area contributed by atoms with Crippen molar-refractivity contribution in [3.8, 4) is 0 Å². The monoisotopic (exact) mass is 261 g/mol. The largest absolute Gasteiger partial charge is 0.395 e. The van der Waals surface area contributed by atoms with E-state index in [9.17, 15) is 15.3 Å². The number of unbranched alkanes of at least 4 members (excludes halogenated alkanes) is 4. The topological polar surface area (TPSA) is 93.0 Å². The van der Waals surface area contributed by atoms with Gasteiger partial charge < -0.3 is 25.7 Å². The Hall–Kier alpha value is -0.200. The van der Waals surface area contributed by atoms with Gasteiger partial charge in [0.05, 0.1) is 37.0 Å². The highest BCUT2D eigenvalue weighted by Crippen LogP contribution is 2.20. The van der Waals surface area contributed by atoms with Crippen molar-refractivity contribution >= 4 is 0 Å². The maximum Gasteiger partial charge on any atom is 0.0993 e. The fraction of sp³-hybridized carbons (Fsp3) is 1.00. The van der Waals surface area contributed by atoms with Gasteiger partial charge in [0.15, 0.2) is 0 Å². The summed E-state index contributed by atoms with van der Waals surface area (Å²) in [4.78, 5) is 0. The first-order chi connectivity index (χ1) is 8.61. The molecule has 1 saturated heterocycles. The molecule has 18 heavy (non-hydrogen) atoms. The predicted octanol–water partition coefficient (Wildman–Crippen LogP) is -0.238. The van der Waals surface area contributed by atoms with Crippen LogP contribution in [-0.4, -0.2) is 57.4 Å². The highest BCUT2D eigenvalue weighted by atomic mass is 16.3. The van der Waals surface area contributed by atoms with Crippen molar-refractivity contribution in [1.82, 2.24) is 5.32 Å². The van der Waals surface area contributed by atoms with E-state index >= 15 is 0 Å². The second kappa shape index (κ2) is 8.07. The van der Waals surface area contributed by atoms with Crippen molar-refractivity contribution in [3.05, 3.63) is 0 Å². The van der Waals surface area contributed by atoms with Gasteiger partial charge in [0, 0.05) is 0 Å². The van der Waals surface area contributed by atoms with Gasteiger partial charge in [-0.2, -0.15) is 0 Å². The van der Waals surface area contributed by atoms with Crippen LogP contribution in [0.1, 0.15) is 45.4 Å². The minimum Gasteiger partial charge on any atom is -0.395 e. The third-order valence-electron chi connectivity index (χ3n) is 3.75. The maximum absolute atomic E-state index is 9.99. The van der Waals surface area contributed by atoms with Gasteiger partial charge in [0.1, 0.15) is 0 Å². The van der Waals surface area contributed by atoms with Gasteiger partial charge in [-0.1, -0.05) is 39.0 Å². The standard InChI is InChI=1S/C13H27NO4/c1-2-3-4-5-6-7-10(16)11-13(18)12(17)9(8-15)14-11/h9-18H,2-8H2,1H3/t9-,10-,11-,12-,13-/m0/s1. The van der Waals surface area contributed by atoms with Crippen LogP contribution in [0.5, 0.6) is 0 Å². The van der Waals surface area contributed by atoms with Crippen molar-refractivity contribution in [3.63, 3.8) is 0 Å². The zero-order chi connectivity index (χ0) is 13.5.